The molecule has 26 heavy (non-hydrogen) atoms. The Balaban J connectivity index is 1.79. The highest BCUT2D eigenvalue weighted by Crippen LogP contribution is 2.35. The summed E-state index contributed by atoms with van der Waals surface area (Å²) < 4.78 is 57.9. The van der Waals surface area contributed by atoms with Crippen LogP contribution in [0.3, 0.4) is 0 Å². The van der Waals surface area contributed by atoms with Crippen LogP contribution in [0.25, 0.3) is 0 Å². The molecule has 0 unspecified atom stereocenters. The van der Waals surface area contributed by atoms with Crippen molar-refractivity contribution >= 4 is 31.6 Å². The zero-order valence-electron chi connectivity index (χ0n) is 14.6. The number of benzene rings is 1. The van der Waals surface area contributed by atoms with Crippen molar-refractivity contribution in [3.05, 3.63) is 24.3 Å². The van der Waals surface area contributed by atoms with Gasteiger partial charge in [0, 0.05) is 13.2 Å². The molecule has 0 aromatic heterocycles. The first-order valence-electron chi connectivity index (χ1n) is 8.32. The number of hydrogen-bond donors (Lipinski definition) is 1. The van der Waals surface area contributed by atoms with E-state index in [1.54, 1.807) is 13.8 Å². The first-order chi connectivity index (χ1) is 12.0. The van der Waals surface area contributed by atoms with Crippen molar-refractivity contribution in [2.24, 2.45) is 5.41 Å². The third-order valence-corrected chi connectivity index (χ3v) is 7.95. The van der Waals surface area contributed by atoms with Gasteiger partial charge in [0.15, 0.2) is 0 Å². The average molecular weight is 402 g/mol. The fourth-order valence-electron chi connectivity index (χ4n) is 3.11. The summed E-state index contributed by atoms with van der Waals surface area (Å²) in [5, 5.41) is 0. The Labute approximate surface area is 153 Å². The van der Waals surface area contributed by atoms with E-state index in [0.29, 0.717) is 6.61 Å². The molecular weight excluding hydrogens is 380 g/mol. The summed E-state index contributed by atoms with van der Waals surface area (Å²) in [7, 11) is -7.50. The number of ether oxygens (including phenoxy) is 1. The monoisotopic (exact) mass is 402 g/mol. The first kappa shape index (κ1) is 19.3. The van der Waals surface area contributed by atoms with E-state index < -0.39 is 31.4 Å². The second-order valence-electron chi connectivity index (χ2n) is 7.19. The van der Waals surface area contributed by atoms with E-state index in [1.807, 2.05) is 0 Å². The quantitative estimate of drug-likeness (QED) is 0.782. The van der Waals surface area contributed by atoms with Gasteiger partial charge in [0.2, 0.25) is 26.0 Å². The smallest absolute Gasteiger partial charge is 0.247 e. The molecule has 8 nitrogen and oxygen atoms in total. The summed E-state index contributed by atoms with van der Waals surface area (Å²) in [5.74, 6) is -0.799. The number of carbonyl (C=O) groups excluding carboxylic acids is 1. The van der Waals surface area contributed by atoms with Crippen LogP contribution < -0.4 is 9.03 Å². The molecule has 0 spiro atoms. The lowest BCUT2D eigenvalue weighted by molar-refractivity contribution is -0.123. The van der Waals surface area contributed by atoms with Crippen LogP contribution in [0, 0.1) is 5.41 Å². The van der Waals surface area contributed by atoms with E-state index in [-0.39, 0.29) is 29.0 Å². The lowest BCUT2D eigenvalue weighted by Gasteiger charge is -2.18. The molecule has 3 rings (SSSR count). The lowest BCUT2D eigenvalue weighted by atomic mass is 9.95. The molecule has 0 saturated carbocycles. The van der Waals surface area contributed by atoms with Gasteiger partial charge in [-0.1, -0.05) is 0 Å². The number of hydrogen-bond acceptors (Lipinski definition) is 6. The first-order valence-corrected chi connectivity index (χ1v) is 11.4. The fraction of sp³-hybridized carbons (Fsp3) is 0.562. The molecule has 1 N–H and O–H groups in total. The minimum absolute atomic E-state index is 0.00236. The topological polar surface area (TPSA) is 110 Å². The summed E-state index contributed by atoms with van der Waals surface area (Å²) in [4.78, 5) is 12.4. The summed E-state index contributed by atoms with van der Waals surface area (Å²) in [6.07, 6.45) is 1.60. The predicted octanol–water partition coefficient (Wildman–Crippen LogP) is 0.846. The highest BCUT2D eigenvalue weighted by molar-refractivity contribution is 7.94. The zero-order valence-corrected chi connectivity index (χ0v) is 16.3. The molecule has 0 radical (unpaired) electrons. The Hall–Kier alpha value is -1.49. The van der Waals surface area contributed by atoms with Crippen LogP contribution in [-0.4, -0.2) is 47.8 Å². The maximum atomic E-state index is 12.4. The number of rotatable bonds is 5. The number of nitrogens with zero attached hydrogens (tertiary/aromatic N) is 1. The van der Waals surface area contributed by atoms with E-state index in [2.05, 4.69) is 4.72 Å². The molecule has 2 fully saturated rings. The van der Waals surface area contributed by atoms with Gasteiger partial charge in [0.05, 0.1) is 27.9 Å². The third-order valence-electron chi connectivity index (χ3n) is 4.49. The van der Waals surface area contributed by atoms with Crippen molar-refractivity contribution in [2.45, 2.75) is 37.7 Å². The molecule has 2 heterocycles. The van der Waals surface area contributed by atoms with Crippen LogP contribution in [0.2, 0.25) is 0 Å². The molecule has 1 amide bonds. The van der Waals surface area contributed by atoms with Crippen LogP contribution in [0.5, 0.6) is 0 Å². The standard InChI is InChI=1S/C16H22N2O6S2/c1-16(2)11-25(20,21)18(15(16)19)12-5-7-14(8-6-12)26(22,23)17-10-13-4-3-9-24-13/h5-8,13,17H,3-4,9-11H2,1-2H3/t13-/m0/s1. The van der Waals surface area contributed by atoms with Gasteiger partial charge in [-0.25, -0.2) is 25.9 Å². The van der Waals surface area contributed by atoms with Crippen molar-refractivity contribution in [1.29, 1.82) is 0 Å². The zero-order chi connectivity index (χ0) is 19.2. The van der Waals surface area contributed by atoms with Crippen LogP contribution in [-0.2, 0) is 29.6 Å². The van der Waals surface area contributed by atoms with Gasteiger partial charge >= 0.3 is 0 Å². The Kier molecular flexibility index (Phi) is 4.89. The number of sulfonamides is 2. The maximum absolute atomic E-state index is 12.4. The van der Waals surface area contributed by atoms with E-state index in [0.717, 1.165) is 17.1 Å². The minimum Gasteiger partial charge on any atom is -0.377 e. The Morgan fingerprint density at radius 2 is 1.92 bits per heavy atom. The lowest BCUT2D eigenvalue weighted by Crippen LogP contribution is -2.33. The van der Waals surface area contributed by atoms with Gasteiger partial charge in [-0.05, 0) is 51.0 Å². The largest absolute Gasteiger partial charge is 0.377 e. The van der Waals surface area contributed by atoms with Gasteiger partial charge in [-0.3, -0.25) is 4.79 Å². The van der Waals surface area contributed by atoms with Crippen LogP contribution in [0.4, 0.5) is 5.69 Å². The van der Waals surface area contributed by atoms with Crippen LogP contribution >= 0.6 is 0 Å². The molecule has 144 valence electrons. The highest BCUT2D eigenvalue weighted by Gasteiger charge is 2.49. The van der Waals surface area contributed by atoms with Crippen molar-refractivity contribution < 1.29 is 26.4 Å². The van der Waals surface area contributed by atoms with Gasteiger partial charge in [-0.2, -0.15) is 0 Å². The molecule has 0 aliphatic carbocycles. The van der Waals surface area contributed by atoms with Crippen molar-refractivity contribution in [2.75, 3.05) is 23.2 Å². The number of carbonyl (C=O) groups is 1. The second-order valence-corrected chi connectivity index (χ2v) is 10.8. The fourth-order valence-corrected chi connectivity index (χ4v) is 6.29. The molecular formula is C16H22N2O6S2. The Morgan fingerprint density at radius 3 is 2.42 bits per heavy atom. The number of anilines is 1. The number of nitrogens with one attached hydrogen (secondary N) is 1. The minimum atomic E-state index is -3.76. The molecule has 2 aliphatic rings. The Bertz CT molecular complexity index is 901. The molecule has 2 saturated heterocycles. The molecule has 1 aromatic carbocycles. The molecule has 1 atom stereocenters. The summed E-state index contributed by atoms with van der Waals surface area (Å²) >= 11 is 0. The molecule has 1 aromatic rings. The van der Waals surface area contributed by atoms with E-state index in [1.165, 1.54) is 24.3 Å². The second kappa shape index (κ2) is 6.59. The highest BCUT2D eigenvalue weighted by atomic mass is 32.2. The van der Waals surface area contributed by atoms with Crippen molar-refractivity contribution in [3.63, 3.8) is 0 Å². The summed E-state index contributed by atoms with van der Waals surface area (Å²) in [6.45, 7) is 3.97. The molecule has 2 aliphatic heterocycles. The van der Waals surface area contributed by atoms with Gasteiger partial charge in [0.1, 0.15) is 0 Å². The van der Waals surface area contributed by atoms with E-state index >= 15 is 0 Å². The number of amides is 1. The molecule has 10 heteroatoms. The summed E-state index contributed by atoms with van der Waals surface area (Å²) in [5.41, 5.74) is -0.870. The normalized spacial score (nSPS) is 24.9. The van der Waals surface area contributed by atoms with Crippen molar-refractivity contribution in [3.8, 4) is 0 Å². The van der Waals surface area contributed by atoms with E-state index in [9.17, 15) is 21.6 Å². The third kappa shape index (κ3) is 3.64. The van der Waals surface area contributed by atoms with Crippen LogP contribution in [0.1, 0.15) is 26.7 Å². The Morgan fingerprint density at radius 1 is 1.27 bits per heavy atom. The SMILES string of the molecule is CC1(C)CS(=O)(=O)N(c2ccc(S(=O)(=O)NC[C@@H]3CCCO3)cc2)C1=O. The summed E-state index contributed by atoms with van der Waals surface area (Å²) in [6, 6.07) is 5.25. The average Bonchev–Trinajstić information content (AvgIpc) is 3.10. The maximum Gasteiger partial charge on any atom is 0.247 e. The van der Waals surface area contributed by atoms with Crippen LogP contribution in [0.15, 0.2) is 29.2 Å². The van der Waals surface area contributed by atoms with Gasteiger partial charge in [0.25, 0.3) is 0 Å². The van der Waals surface area contributed by atoms with Gasteiger partial charge in [-0.15, -0.1) is 0 Å². The van der Waals surface area contributed by atoms with Gasteiger partial charge < -0.3 is 4.74 Å². The molecule has 0 bridgehead atoms. The predicted molar refractivity (Wildman–Crippen MR) is 95.7 cm³/mol. The van der Waals surface area contributed by atoms with E-state index in [4.69, 9.17) is 4.74 Å². The van der Waals surface area contributed by atoms with Crippen molar-refractivity contribution in [1.82, 2.24) is 4.72 Å².